The van der Waals surface area contributed by atoms with Crippen LogP contribution in [0.3, 0.4) is 0 Å². The van der Waals surface area contributed by atoms with Crippen LogP contribution < -0.4 is 10.0 Å². The first-order chi connectivity index (χ1) is 12.4. The fraction of sp³-hybridized carbons (Fsp3) is 0.350. The maximum absolute atomic E-state index is 12.6. The molecule has 2 N–H and O–H groups in total. The molecule has 6 heteroatoms. The van der Waals surface area contributed by atoms with Gasteiger partial charge in [-0.1, -0.05) is 37.3 Å². The third-order valence-corrected chi connectivity index (χ3v) is 6.31. The average Bonchev–Trinajstić information content (AvgIpc) is 3.44. The lowest BCUT2D eigenvalue weighted by molar-refractivity contribution is -0.124. The first-order valence-electron chi connectivity index (χ1n) is 8.87. The topological polar surface area (TPSA) is 75.3 Å². The van der Waals surface area contributed by atoms with Gasteiger partial charge in [0.1, 0.15) is 0 Å². The molecule has 5 nitrogen and oxygen atoms in total. The van der Waals surface area contributed by atoms with Gasteiger partial charge in [0.15, 0.2) is 0 Å². The van der Waals surface area contributed by atoms with E-state index in [2.05, 4.69) is 10.0 Å². The number of carbonyl (C=O) groups excluding carboxylic acids is 1. The Hall–Kier alpha value is -2.34. The summed E-state index contributed by atoms with van der Waals surface area (Å²) in [4.78, 5) is 12.8. The Bertz CT molecular complexity index is 873. The van der Waals surface area contributed by atoms with Crippen molar-refractivity contribution >= 4 is 21.6 Å². The van der Waals surface area contributed by atoms with Crippen LogP contribution in [0.15, 0.2) is 59.5 Å². The maximum Gasteiger partial charge on any atom is 0.261 e. The molecule has 1 aliphatic carbocycles. The van der Waals surface area contributed by atoms with Gasteiger partial charge in [-0.2, -0.15) is 0 Å². The van der Waals surface area contributed by atoms with Crippen molar-refractivity contribution in [2.45, 2.75) is 49.5 Å². The highest BCUT2D eigenvalue weighted by atomic mass is 32.2. The highest BCUT2D eigenvalue weighted by Crippen LogP contribution is 2.48. The summed E-state index contributed by atoms with van der Waals surface area (Å²) in [7, 11) is -3.61. The number of anilines is 1. The normalized spacial score (nSPS) is 16.5. The summed E-state index contributed by atoms with van der Waals surface area (Å²) in [6.07, 6.45) is 2.54. The first kappa shape index (κ1) is 18.5. The van der Waals surface area contributed by atoms with E-state index in [1.165, 1.54) is 0 Å². The molecule has 0 unspecified atom stereocenters. The molecule has 1 fully saturated rings. The van der Waals surface area contributed by atoms with Crippen LogP contribution in [0.2, 0.25) is 0 Å². The van der Waals surface area contributed by atoms with Crippen LogP contribution in [-0.2, 0) is 20.2 Å². The molecule has 0 heterocycles. The summed E-state index contributed by atoms with van der Waals surface area (Å²) in [5.41, 5.74) is 0.956. The molecule has 3 rings (SSSR count). The number of hydrogen-bond acceptors (Lipinski definition) is 3. The van der Waals surface area contributed by atoms with Gasteiger partial charge in [-0.3, -0.25) is 9.52 Å². The third kappa shape index (κ3) is 3.75. The third-order valence-electron chi connectivity index (χ3n) is 4.92. The highest BCUT2D eigenvalue weighted by molar-refractivity contribution is 7.92. The molecule has 0 aliphatic heterocycles. The van der Waals surface area contributed by atoms with Gasteiger partial charge in [0, 0.05) is 11.7 Å². The predicted molar refractivity (Wildman–Crippen MR) is 103 cm³/mol. The Labute approximate surface area is 154 Å². The number of rotatable bonds is 7. The first-order valence-corrected chi connectivity index (χ1v) is 10.3. The second kappa shape index (κ2) is 7.11. The molecule has 0 bridgehead atoms. The fourth-order valence-electron chi connectivity index (χ4n) is 2.91. The largest absolute Gasteiger partial charge is 0.353 e. The van der Waals surface area contributed by atoms with Gasteiger partial charge >= 0.3 is 0 Å². The van der Waals surface area contributed by atoms with Crippen molar-refractivity contribution in [1.29, 1.82) is 0 Å². The van der Waals surface area contributed by atoms with Crippen LogP contribution in [0.25, 0.3) is 0 Å². The van der Waals surface area contributed by atoms with E-state index in [9.17, 15) is 13.2 Å². The van der Waals surface area contributed by atoms with E-state index in [4.69, 9.17) is 0 Å². The molecule has 0 saturated heterocycles. The van der Waals surface area contributed by atoms with E-state index in [-0.39, 0.29) is 16.8 Å². The molecule has 1 saturated carbocycles. The summed E-state index contributed by atoms with van der Waals surface area (Å²) < 4.78 is 27.3. The molecule has 138 valence electrons. The summed E-state index contributed by atoms with van der Waals surface area (Å²) in [6, 6.07) is 15.5. The molecule has 0 aromatic heterocycles. The average molecular weight is 372 g/mol. The molecule has 1 atom stereocenters. The fourth-order valence-corrected chi connectivity index (χ4v) is 3.99. The lowest BCUT2D eigenvalue weighted by Crippen LogP contribution is -2.39. The summed E-state index contributed by atoms with van der Waals surface area (Å²) >= 11 is 0. The van der Waals surface area contributed by atoms with Crippen molar-refractivity contribution < 1.29 is 13.2 Å². The van der Waals surface area contributed by atoms with Crippen LogP contribution in [0, 0.1) is 0 Å². The maximum atomic E-state index is 12.6. The highest BCUT2D eigenvalue weighted by Gasteiger charge is 2.51. The molecule has 1 amide bonds. The number of sulfonamides is 1. The Balaban J connectivity index is 1.74. The molecular weight excluding hydrogens is 348 g/mol. The smallest absolute Gasteiger partial charge is 0.261 e. The SMILES string of the molecule is CC[C@H](C)NC(=O)C1(c2ccc(NS(=O)(=O)c3ccccc3)cc2)CC1. The summed E-state index contributed by atoms with van der Waals surface area (Å²) in [6.45, 7) is 4.04. The minimum absolute atomic E-state index is 0.0597. The molecular formula is C20H24N2O3S. The van der Waals surface area contributed by atoms with Gasteiger partial charge in [-0.15, -0.1) is 0 Å². The van der Waals surface area contributed by atoms with Crippen molar-refractivity contribution in [3.63, 3.8) is 0 Å². The lowest BCUT2D eigenvalue weighted by Gasteiger charge is -2.19. The van der Waals surface area contributed by atoms with Crippen molar-refractivity contribution in [1.82, 2.24) is 5.32 Å². The molecule has 0 radical (unpaired) electrons. The number of carbonyl (C=O) groups is 1. The van der Waals surface area contributed by atoms with Gasteiger partial charge < -0.3 is 5.32 Å². The molecule has 1 aliphatic rings. The Morgan fingerprint density at radius 3 is 2.23 bits per heavy atom. The van der Waals surface area contributed by atoms with E-state index in [0.29, 0.717) is 5.69 Å². The monoisotopic (exact) mass is 372 g/mol. The lowest BCUT2D eigenvalue weighted by atomic mass is 9.94. The minimum atomic E-state index is -3.61. The second-order valence-corrected chi connectivity index (χ2v) is 8.54. The van der Waals surface area contributed by atoms with Gasteiger partial charge in [-0.05, 0) is 56.0 Å². The van der Waals surface area contributed by atoms with Gasteiger partial charge in [0.05, 0.1) is 10.3 Å². The van der Waals surface area contributed by atoms with Crippen molar-refractivity contribution in [3.05, 3.63) is 60.2 Å². The van der Waals surface area contributed by atoms with Crippen molar-refractivity contribution in [3.8, 4) is 0 Å². The van der Waals surface area contributed by atoms with E-state index in [1.807, 2.05) is 26.0 Å². The van der Waals surface area contributed by atoms with Crippen LogP contribution >= 0.6 is 0 Å². The zero-order valence-electron chi connectivity index (χ0n) is 15.0. The van der Waals surface area contributed by atoms with Crippen LogP contribution in [0.5, 0.6) is 0 Å². The summed E-state index contributed by atoms with van der Waals surface area (Å²) in [5.74, 6) is 0.0597. The van der Waals surface area contributed by atoms with Crippen molar-refractivity contribution in [2.75, 3.05) is 4.72 Å². The van der Waals surface area contributed by atoms with E-state index < -0.39 is 15.4 Å². The number of hydrogen-bond donors (Lipinski definition) is 2. The Kier molecular flexibility index (Phi) is 5.05. The van der Waals surface area contributed by atoms with E-state index >= 15 is 0 Å². The second-order valence-electron chi connectivity index (χ2n) is 6.86. The number of nitrogens with one attached hydrogen (secondary N) is 2. The number of benzene rings is 2. The minimum Gasteiger partial charge on any atom is -0.353 e. The Morgan fingerprint density at radius 2 is 1.69 bits per heavy atom. The van der Waals surface area contributed by atoms with E-state index in [0.717, 1.165) is 24.8 Å². The predicted octanol–water partition coefficient (Wildman–Crippen LogP) is 3.43. The Morgan fingerprint density at radius 1 is 1.08 bits per heavy atom. The van der Waals surface area contributed by atoms with Gasteiger partial charge in [0.25, 0.3) is 10.0 Å². The quantitative estimate of drug-likeness (QED) is 0.782. The van der Waals surface area contributed by atoms with Crippen molar-refractivity contribution in [2.24, 2.45) is 0 Å². The van der Waals surface area contributed by atoms with Gasteiger partial charge in [0.2, 0.25) is 5.91 Å². The molecule has 0 spiro atoms. The number of amides is 1. The molecule has 2 aromatic carbocycles. The summed E-state index contributed by atoms with van der Waals surface area (Å²) in [5, 5.41) is 3.05. The zero-order valence-corrected chi connectivity index (χ0v) is 15.8. The van der Waals surface area contributed by atoms with Crippen LogP contribution in [0.1, 0.15) is 38.7 Å². The zero-order chi connectivity index (χ0) is 18.8. The molecule has 2 aromatic rings. The van der Waals surface area contributed by atoms with Gasteiger partial charge in [-0.25, -0.2) is 8.42 Å². The molecule has 26 heavy (non-hydrogen) atoms. The standard InChI is InChI=1S/C20H24N2O3S/c1-3-15(2)21-19(23)20(13-14-20)16-9-11-17(12-10-16)22-26(24,25)18-7-5-4-6-8-18/h4-12,15,22H,3,13-14H2,1-2H3,(H,21,23)/t15-/m0/s1. The van der Waals surface area contributed by atoms with E-state index in [1.54, 1.807) is 42.5 Å². The van der Waals surface area contributed by atoms with Crippen LogP contribution in [0.4, 0.5) is 5.69 Å². The van der Waals surface area contributed by atoms with Crippen LogP contribution in [-0.4, -0.2) is 20.4 Å².